The molecule has 2 fully saturated rings. The molecule has 2 saturated heterocycles. The average Bonchev–Trinajstić information content (AvgIpc) is 2.78. The first-order valence-electron chi connectivity index (χ1n) is 7.73. The Morgan fingerprint density at radius 1 is 0.944 bits per heavy atom. The minimum atomic E-state index is 0.731. The number of nitrogens with zero attached hydrogens (tertiary/aromatic N) is 3. The van der Waals surface area contributed by atoms with Crippen molar-refractivity contribution in [3.05, 3.63) is 0 Å². The van der Waals surface area contributed by atoms with Crippen LogP contribution in [0.15, 0.2) is 0 Å². The Hall–Kier alpha value is -0.120. The predicted octanol–water partition coefficient (Wildman–Crippen LogP) is 1.74. The van der Waals surface area contributed by atoms with Crippen LogP contribution < -0.4 is 0 Å². The van der Waals surface area contributed by atoms with E-state index < -0.39 is 0 Å². The molecule has 2 aliphatic heterocycles. The minimum Gasteiger partial charge on any atom is -0.304 e. The van der Waals surface area contributed by atoms with Gasteiger partial charge >= 0.3 is 0 Å². The molecule has 0 aliphatic carbocycles. The monoisotopic (exact) mass is 253 g/mol. The van der Waals surface area contributed by atoms with Crippen LogP contribution >= 0.6 is 0 Å². The molecule has 0 spiro atoms. The van der Waals surface area contributed by atoms with Gasteiger partial charge in [0.25, 0.3) is 0 Å². The van der Waals surface area contributed by atoms with Gasteiger partial charge in [-0.15, -0.1) is 0 Å². The minimum absolute atomic E-state index is 0.731. The maximum absolute atomic E-state index is 2.69. The van der Waals surface area contributed by atoms with Crippen molar-refractivity contribution in [1.82, 2.24) is 14.7 Å². The first-order chi connectivity index (χ1) is 8.56. The molecule has 106 valence electrons. The largest absolute Gasteiger partial charge is 0.304 e. The third-order valence-corrected chi connectivity index (χ3v) is 4.88. The molecule has 2 heterocycles. The number of rotatable bonds is 4. The van der Waals surface area contributed by atoms with Crippen LogP contribution in [0.25, 0.3) is 0 Å². The number of piperazine rings is 1. The second kappa shape index (κ2) is 6.36. The Morgan fingerprint density at radius 3 is 2.17 bits per heavy atom. The van der Waals surface area contributed by atoms with Gasteiger partial charge in [0.15, 0.2) is 0 Å². The zero-order valence-corrected chi connectivity index (χ0v) is 12.7. The number of likely N-dealkylation sites (N-methyl/N-ethyl adjacent to an activating group) is 1. The van der Waals surface area contributed by atoms with E-state index in [1.54, 1.807) is 0 Å². The Balaban J connectivity index is 1.73. The first-order valence-corrected chi connectivity index (χ1v) is 7.73. The van der Waals surface area contributed by atoms with Gasteiger partial charge in [-0.2, -0.15) is 0 Å². The Bertz CT molecular complexity index is 246. The van der Waals surface area contributed by atoms with Crippen LogP contribution in [-0.4, -0.2) is 73.1 Å². The number of likely N-dealkylation sites (tertiary alicyclic amines) is 1. The third kappa shape index (κ3) is 3.69. The summed E-state index contributed by atoms with van der Waals surface area (Å²) in [5, 5.41) is 0. The fourth-order valence-corrected chi connectivity index (χ4v) is 3.42. The summed E-state index contributed by atoms with van der Waals surface area (Å²) in [7, 11) is 2.24. The molecule has 2 atom stereocenters. The zero-order chi connectivity index (χ0) is 13.1. The van der Waals surface area contributed by atoms with Crippen LogP contribution in [-0.2, 0) is 0 Å². The fourth-order valence-electron chi connectivity index (χ4n) is 3.42. The van der Waals surface area contributed by atoms with E-state index in [1.807, 2.05) is 0 Å². The van der Waals surface area contributed by atoms with Gasteiger partial charge in [-0.1, -0.05) is 0 Å². The lowest BCUT2D eigenvalue weighted by Gasteiger charge is -2.37. The molecule has 0 aromatic heterocycles. The maximum Gasteiger partial charge on any atom is 0.0113 e. The highest BCUT2D eigenvalue weighted by Gasteiger charge is 2.27. The van der Waals surface area contributed by atoms with E-state index in [0.29, 0.717) is 0 Å². The summed E-state index contributed by atoms with van der Waals surface area (Å²) < 4.78 is 0. The van der Waals surface area contributed by atoms with E-state index in [4.69, 9.17) is 0 Å². The summed E-state index contributed by atoms with van der Waals surface area (Å²) in [6.07, 6.45) is 2.81. The van der Waals surface area contributed by atoms with Crippen molar-refractivity contribution >= 4 is 0 Å². The van der Waals surface area contributed by atoms with Crippen molar-refractivity contribution in [1.29, 1.82) is 0 Å². The summed E-state index contributed by atoms with van der Waals surface area (Å²) in [5.41, 5.74) is 0. The highest BCUT2D eigenvalue weighted by atomic mass is 15.3. The van der Waals surface area contributed by atoms with Gasteiger partial charge in [-0.3, -0.25) is 4.90 Å². The van der Waals surface area contributed by atoms with Crippen molar-refractivity contribution in [3.8, 4) is 0 Å². The zero-order valence-electron chi connectivity index (χ0n) is 12.7. The number of hydrogen-bond donors (Lipinski definition) is 0. The van der Waals surface area contributed by atoms with Crippen LogP contribution in [0.5, 0.6) is 0 Å². The SMILES string of the molecule is CC(C)N1CCC(CC(C)N2CCN(C)CC2)C1. The molecule has 0 aromatic carbocycles. The van der Waals surface area contributed by atoms with Gasteiger partial charge < -0.3 is 9.80 Å². The summed E-state index contributed by atoms with van der Waals surface area (Å²) >= 11 is 0. The van der Waals surface area contributed by atoms with Crippen molar-refractivity contribution in [2.24, 2.45) is 5.92 Å². The molecule has 2 rings (SSSR count). The van der Waals surface area contributed by atoms with Crippen molar-refractivity contribution in [2.75, 3.05) is 46.3 Å². The van der Waals surface area contributed by atoms with E-state index in [2.05, 4.69) is 42.5 Å². The quantitative estimate of drug-likeness (QED) is 0.756. The van der Waals surface area contributed by atoms with E-state index in [9.17, 15) is 0 Å². The van der Waals surface area contributed by atoms with Gasteiger partial charge in [0.05, 0.1) is 0 Å². The summed E-state index contributed by atoms with van der Waals surface area (Å²) in [6, 6.07) is 1.50. The van der Waals surface area contributed by atoms with Crippen molar-refractivity contribution in [3.63, 3.8) is 0 Å². The topological polar surface area (TPSA) is 9.72 Å². The highest BCUT2D eigenvalue weighted by Crippen LogP contribution is 2.24. The lowest BCUT2D eigenvalue weighted by atomic mass is 9.98. The summed E-state index contributed by atoms with van der Waals surface area (Å²) in [4.78, 5) is 7.78. The van der Waals surface area contributed by atoms with Gasteiger partial charge in [0.2, 0.25) is 0 Å². The molecule has 0 radical (unpaired) electrons. The molecule has 0 bridgehead atoms. The normalized spacial score (nSPS) is 30.2. The van der Waals surface area contributed by atoms with E-state index >= 15 is 0 Å². The van der Waals surface area contributed by atoms with Crippen LogP contribution in [0.3, 0.4) is 0 Å². The highest BCUT2D eigenvalue weighted by molar-refractivity contribution is 4.82. The van der Waals surface area contributed by atoms with Crippen LogP contribution in [0, 0.1) is 5.92 Å². The predicted molar refractivity (Wildman–Crippen MR) is 78.0 cm³/mol. The van der Waals surface area contributed by atoms with Gasteiger partial charge in [0, 0.05) is 44.8 Å². The van der Waals surface area contributed by atoms with E-state index in [1.165, 1.54) is 52.1 Å². The van der Waals surface area contributed by atoms with Crippen LogP contribution in [0.4, 0.5) is 0 Å². The lowest BCUT2D eigenvalue weighted by Crippen LogP contribution is -2.48. The molecule has 3 heteroatoms. The van der Waals surface area contributed by atoms with Gasteiger partial charge in [0.1, 0.15) is 0 Å². The molecule has 2 unspecified atom stereocenters. The second-order valence-electron chi connectivity index (χ2n) is 6.67. The van der Waals surface area contributed by atoms with E-state index in [-0.39, 0.29) is 0 Å². The Morgan fingerprint density at radius 2 is 1.61 bits per heavy atom. The average molecular weight is 253 g/mol. The van der Waals surface area contributed by atoms with E-state index in [0.717, 1.165) is 18.0 Å². The molecular weight excluding hydrogens is 222 g/mol. The number of hydrogen-bond acceptors (Lipinski definition) is 3. The Kier molecular flexibility index (Phi) is 5.05. The van der Waals surface area contributed by atoms with Crippen LogP contribution in [0.1, 0.15) is 33.6 Å². The van der Waals surface area contributed by atoms with Crippen LogP contribution in [0.2, 0.25) is 0 Å². The lowest BCUT2D eigenvalue weighted by molar-refractivity contribution is 0.106. The molecular formula is C15H31N3. The molecule has 0 amide bonds. The van der Waals surface area contributed by atoms with Gasteiger partial charge in [-0.05, 0) is 53.1 Å². The molecule has 0 N–H and O–H groups in total. The standard InChI is InChI=1S/C15H31N3/c1-13(2)18-6-5-15(12-18)11-14(3)17-9-7-16(4)8-10-17/h13-15H,5-12H2,1-4H3. The summed E-state index contributed by atoms with van der Waals surface area (Å²) in [6.45, 7) is 14.7. The smallest absolute Gasteiger partial charge is 0.0113 e. The fraction of sp³-hybridized carbons (Fsp3) is 1.00. The maximum atomic E-state index is 2.69. The summed E-state index contributed by atoms with van der Waals surface area (Å²) in [5.74, 6) is 0.932. The van der Waals surface area contributed by atoms with Crippen molar-refractivity contribution < 1.29 is 0 Å². The van der Waals surface area contributed by atoms with Gasteiger partial charge in [-0.25, -0.2) is 0 Å². The second-order valence-corrected chi connectivity index (χ2v) is 6.67. The molecule has 18 heavy (non-hydrogen) atoms. The molecule has 3 nitrogen and oxygen atoms in total. The molecule has 0 aromatic rings. The molecule has 2 aliphatic rings. The first kappa shape index (κ1) is 14.3. The molecule has 0 saturated carbocycles. The Labute approximate surface area is 113 Å². The van der Waals surface area contributed by atoms with Crippen molar-refractivity contribution in [2.45, 2.75) is 45.7 Å². The third-order valence-electron chi connectivity index (χ3n) is 4.88.